The van der Waals surface area contributed by atoms with Gasteiger partial charge in [-0.3, -0.25) is 9.89 Å². The number of alkyl halides is 3. The van der Waals surface area contributed by atoms with Gasteiger partial charge in [-0.25, -0.2) is 0 Å². The van der Waals surface area contributed by atoms with Crippen LogP contribution in [0.3, 0.4) is 0 Å². The number of morpholine rings is 1. The fourth-order valence-corrected chi connectivity index (χ4v) is 3.98. The highest BCUT2D eigenvalue weighted by Crippen LogP contribution is 2.34. The van der Waals surface area contributed by atoms with Gasteiger partial charge in [0.05, 0.1) is 19.8 Å². The molecule has 156 valence electrons. The number of hydrogen-bond acceptors (Lipinski definition) is 4. The molecule has 0 spiro atoms. The maximum atomic E-state index is 12.2. The van der Waals surface area contributed by atoms with Crippen LogP contribution >= 0.6 is 0 Å². The highest BCUT2D eigenvalue weighted by molar-refractivity contribution is 5.92. The lowest BCUT2D eigenvalue weighted by Crippen LogP contribution is -2.56. The molecule has 0 atom stereocenters. The maximum absolute atomic E-state index is 12.2. The molecular weight excluding hydrogens is 373 g/mol. The van der Waals surface area contributed by atoms with Crippen molar-refractivity contribution in [1.82, 2.24) is 4.90 Å². The first-order chi connectivity index (χ1) is 13.4. The lowest BCUT2D eigenvalue weighted by Gasteiger charge is -2.47. The van der Waals surface area contributed by atoms with Gasteiger partial charge in [0.15, 0.2) is 5.96 Å². The summed E-state index contributed by atoms with van der Waals surface area (Å²) in [6.45, 7) is 3.89. The second kappa shape index (κ2) is 9.00. The number of guanidine groups is 1. The van der Waals surface area contributed by atoms with Crippen molar-refractivity contribution in [3.8, 4) is 5.75 Å². The summed E-state index contributed by atoms with van der Waals surface area (Å²) in [5.74, 6) is -0.0234. The number of ether oxygens (including phenoxy) is 2. The minimum Gasteiger partial charge on any atom is -0.406 e. The predicted molar refractivity (Wildman–Crippen MR) is 101 cm³/mol. The molecule has 1 aromatic carbocycles. The molecular formula is C19H27F3N4O2. The SMILES string of the molecule is NC(=NCC1(N2CCOCC2)CCCCC1)Nc1ccc(OC(F)(F)F)cc1. The molecule has 9 heteroatoms. The zero-order chi connectivity index (χ0) is 20.0. The Morgan fingerprint density at radius 1 is 1.14 bits per heavy atom. The van der Waals surface area contributed by atoms with Gasteiger partial charge in [0.2, 0.25) is 0 Å². The molecule has 1 aliphatic carbocycles. The Kier molecular flexibility index (Phi) is 6.66. The van der Waals surface area contributed by atoms with Crippen LogP contribution in [0, 0.1) is 0 Å². The number of nitrogens with zero attached hydrogens (tertiary/aromatic N) is 2. The van der Waals surface area contributed by atoms with Crippen LogP contribution in [0.1, 0.15) is 32.1 Å². The van der Waals surface area contributed by atoms with E-state index in [9.17, 15) is 13.2 Å². The van der Waals surface area contributed by atoms with Crippen LogP contribution in [-0.4, -0.2) is 55.6 Å². The van der Waals surface area contributed by atoms with Crippen LogP contribution in [-0.2, 0) is 4.74 Å². The van der Waals surface area contributed by atoms with E-state index in [-0.39, 0.29) is 17.2 Å². The Balaban J connectivity index is 1.61. The molecule has 0 unspecified atom stereocenters. The lowest BCUT2D eigenvalue weighted by molar-refractivity contribution is -0.274. The number of benzene rings is 1. The van der Waals surface area contributed by atoms with Gasteiger partial charge in [-0.2, -0.15) is 0 Å². The summed E-state index contributed by atoms with van der Waals surface area (Å²) < 4.78 is 46.0. The van der Waals surface area contributed by atoms with Crippen LogP contribution in [0.2, 0.25) is 0 Å². The van der Waals surface area contributed by atoms with E-state index in [4.69, 9.17) is 10.5 Å². The van der Waals surface area contributed by atoms with Crippen LogP contribution < -0.4 is 15.8 Å². The Labute approximate surface area is 162 Å². The smallest absolute Gasteiger partial charge is 0.406 e. The van der Waals surface area contributed by atoms with Crippen molar-refractivity contribution in [2.75, 3.05) is 38.2 Å². The van der Waals surface area contributed by atoms with Crippen LogP contribution in [0.4, 0.5) is 18.9 Å². The second-order valence-corrected chi connectivity index (χ2v) is 7.28. The van der Waals surface area contributed by atoms with Gasteiger partial charge in [-0.1, -0.05) is 19.3 Å². The average Bonchev–Trinajstić information content (AvgIpc) is 2.68. The van der Waals surface area contributed by atoms with E-state index in [1.165, 1.54) is 43.5 Å². The highest BCUT2D eigenvalue weighted by atomic mass is 19.4. The topological polar surface area (TPSA) is 72.1 Å². The number of aliphatic imine (C=N–C) groups is 1. The molecule has 6 nitrogen and oxygen atoms in total. The number of rotatable bonds is 5. The van der Waals surface area contributed by atoms with Gasteiger partial charge in [-0.05, 0) is 37.1 Å². The normalized spacial score (nSPS) is 21.3. The molecule has 2 fully saturated rings. The first-order valence-electron chi connectivity index (χ1n) is 9.62. The number of anilines is 1. The summed E-state index contributed by atoms with van der Waals surface area (Å²) >= 11 is 0. The zero-order valence-corrected chi connectivity index (χ0v) is 15.8. The Bertz CT molecular complexity index is 652. The van der Waals surface area contributed by atoms with E-state index in [0.717, 1.165) is 39.1 Å². The van der Waals surface area contributed by atoms with Crippen molar-refractivity contribution < 1.29 is 22.6 Å². The van der Waals surface area contributed by atoms with Gasteiger partial charge in [-0.15, -0.1) is 13.2 Å². The first-order valence-corrected chi connectivity index (χ1v) is 9.62. The van der Waals surface area contributed by atoms with Crippen molar-refractivity contribution in [3.63, 3.8) is 0 Å². The Hall–Kier alpha value is -2.00. The summed E-state index contributed by atoms with van der Waals surface area (Å²) in [6, 6.07) is 5.42. The molecule has 1 aliphatic heterocycles. The summed E-state index contributed by atoms with van der Waals surface area (Å²) in [7, 11) is 0. The number of nitrogens with two attached hydrogens (primary N) is 1. The fraction of sp³-hybridized carbons (Fsp3) is 0.632. The third-order valence-corrected chi connectivity index (χ3v) is 5.37. The van der Waals surface area contributed by atoms with E-state index in [1.807, 2.05) is 0 Å². The molecule has 0 aromatic heterocycles. The van der Waals surface area contributed by atoms with E-state index in [0.29, 0.717) is 12.2 Å². The first kappa shape index (κ1) is 20.7. The molecule has 1 saturated heterocycles. The van der Waals surface area contributed by atoms with E-state index >= 15 is 0 Å². The van der Waals surface area contributed by atoms with Gasteiger partial charge in [0, 0.05) is 24.3 Å². The monoisotopic (exact) mass is 400 g/mol. The molecule has 0 radical (unpaired) electrons. The van der Waals surface area contributed by atoms with Gasteiger partial charge >= 0.3 is 6.36 Å². The predicted octanol–water partition coefficient (Wildman–Crippen LogP) is 3.35. The third kappa shape index (κ3) is 5.75. The Morgan fingerprint density at radius 2 is 1.79 bits per heavy atom. The molecule has 28 heavy (non-hydrogen) atoms. The van der Waals surface area contributed by atoms with Crippen molar-refractivity contribution >= 4 is 11.6 Å². The minimum absolute atomic E-state index is 0.0126. The van der Waals surface area contributed by atoms with E-state index in [2.05, 4.69) is 19.9 Å². The molecule has 3 N–H and O–H groups in total. The number of nitrogens with one attached hydrogen (secondary N) is 1. The molecule has 2 aliphatic rings. The fourth-order valence-electron chi connectivity index (χ4n) is 3.98. The molecule has 1 aromatic rings. The van der Waals surface area contributed by atoms with Crippen LogP contribution in [0.15, 0.2) is 29.3 Å². The van der Waals surface area contributed by atoms with Gasteiger partial charge in [0.25, 0.3) is 0 Å². The van der Waals surface area contributed by atoms with Crippen LogP contribution in [0.5, 0.6) is 5.75 Å². The molecule has 3 rings (SSSR count). The van der Waals surface area contributed by atoms with Crippen molar-refractivity contribution in [1.29, 1.82) is 0 Å². The standard InChI is InChI=1S/C19H27F3N4O2/c20-19(21,22)28-16-6-4-15(5-7-16)25-17(23)24-14-18(8-2-1-3-9-18)26-10-12-27-13-11-26/h4-7H,1-3,8-14H2,(H3,23,24,25). The molecule has 0 amide bonds. The minimum atomic E-state index is -4.71. The Morgan fingerprint density at radius 3 is 2.39 bits per heavy atom. The average molecular weight is 400 g/mol. The van der Waals surface area contributed by atoms with Crippen molar-refractivity contribution in [3.05, 3.63) is 24.3 Å². The second-order valence-electron chi connectivity index (χ2n) is 7.28. The lowest BCUT2D eigenvalue weighted by atomic mass is 9.80. The van der Waals surface area contributed by atoms with Gasteiger partial charge < -0.3 is 20.5 Å². The van der Waals surface area contributed by atoms with Gasteiger partial charge in [0.1, 0.15) is 5.75 Å². The van der Waals surface area contributed by atoms with Crippen LogP contribution in [0.25, 0.3) is 0 Å². The molecule has 1 heterocycles. The zero-order valence-electron chi connectivity index (χ0n) is 15.8. The van der Waals surface area contributed by atoms with E-state index < -0.39 is 6.36 Å². The summed E-state index contributed by atoms with van der Waals surface area (Å²) in [5.41, 5.74) is 6.60. The quantitative estimate of drug-likeness (QED) is 0.586. The summed E-state index contributed by atoms with van der Waals surface area (Å²) in [6.07, 6.45) is 1.08. The summed E-state index contributed by atoms with van der Waals surface area (Å²) in [4.78, 5) is 7.04. The highest BCUT2D eigenvalue weighted by Gasteiger charge is 2.38. The molecule has 0 bridgehead atoms. The number of hydrogen-bond donors (Lipinski definition) is 2. The third-order valence-electron chi connectivity index (χ3n) is 5.37. The maximum Gasteiger partial charge on any atom is 0.573 e. The van der Waals surface area contributed by atoms with Crippen molar-refractivity contribution in [2.24, 2.45) is 10.7 Å². The number of halogens is 3. The van der Waals surface area contributed by atoms with E-state index in [1.54, 1.807) is 0 Å². The summed E-state index contributed by atoms with van der Waals surface area (Å²) in [5, 5.41) is 2.94. The van der Waals surface area contributed by atoms with Crippen molar-refractivity contribution in [2.45, 2.75) is 44.0 Å². The molecule has 1 saturated carbocycles. The largest absolute Gasteiger partial charge is 0.573 e.